The van der Waals surface area contributed by atoms with Gasteiger partial charge in [-0.2, -0.15) is 0 Å². The molecule has 0 spiro atoms. The number of carbonyl (C=O) groups is 1. The van der Waals surface area contributed by atoms with Gasteiger partial charge in [0.25, 0.3) is 0 Å². The normalized spacial score (nSPS) is 10.6. The Kier molecular flexibility index (Phi) is 5.84. The number of carbonyl (C=O) groups excluding carboxylic acids is 1. The van der Waals surface area contributed by atoms with Gasteiger partial charge in [0, 0.05) is 21.3 Å². The van der Waals surface area contributed by atoms with Gasteiger partial charge in [0.05, 0.1) is 6.42 Å². The first kappa shape index (κ1) is 17.6. The van der Waals surface area contributed by atoms with Gasteiger partial charge in [-0.1, -0.05) is 35.9 Å². The zero-order valence-corrected chi connectivity index (χ0v) is 15.0. The highest BCUT2D eigenvalue weighted by Crippen LogP contribution is 2.29. The van der Waals surface area contributed by atoms with Crippen molar-refractivity contribution in [2.75, 3.05) is 6.54 Å². The molecule has 0 aliphatic rings. The van der Waals surface area contributed by atoms with Gasteiger partial charge in [-0.25, -0.2) is 4.39 Å². The lowest BCUT2D eigenvalue weighted by atomic mass is 10.1. The first-order chi connectivity index (χ1) is 12.1. The van der Waals surface area contributed by atoms with E-state index in [0.717, 1.165) is 20.9 Å². The quantitative estimate of drug-likeness (QED) is 0.639. The van der Waals surface area contributed by atoms with E-state index in [1.165, 1.54) is 12.1 Å². The number of halogens is 2. The lowest BCUT2D eigenvalue weighted by molar-refractivity contribution is -0.120. The summed E-state index contributed by atoms with van der Waals surface area (Å²) in [7, 11) is 0. The van der Waals surface area contributed by atoms with E-state index in [1.54, 1.807) is 23.5 Å². The van der Waals surface area contributed by atoms with Crippen molar-refractivity contribution in [3.05, 3.63) is 81.9 Å². The highest BCUT2D eigenvalue weighted by molar-refractivity contribution is 7.15. The average Bonchev–Trinajstić information content (AvgIpc) is 3.06. The van der Waals surface area contributed by atoms with E-state index in [1.807, 2.05) is 36.4 Å². The third kappa shape index (κ3) is 5.15. The van der Waals surface area contributed by atoms with Crippen LogP contribution in [0.3, 0.4) is 0 Å². The molecule has 1 aromatic heterocycles. The first-order valence-corrected chi connectivity index (χ1v) is 9.15. The third-order valence-corrected chi connectivity index (χ3v) is 5.16. The standard InChI is InChI=1S/C20H17ClFNOS/c21-16-5-3-15(4-6-16)19-10-9-18(25-19)13-20(24)23-12-11-14-1-7-17(22)8-2-14/h1-10H,11-13H2,(H,23,24). The van der Waals surface area contributed by atoms with Gasteiger partial charge < -0.3 is 5.32 Å². The average molecular weight is 374 g/mol. The fourth-order valence-corrected chi connectivity index (χ4v) is 3.60. The van der Waals surface area contributed by atoms with Gasteiger partial charge in [-0.05, 0) is 53.9 Å². The Bertz CT molecular complexity index is 843. The Hall–Kier alpha value is -2.17. The summed E-state index contributed by atoms with van der Waals surface area (Å²) in [4.78, 5) is 14.2. The van der Waals surface area contributed by atoms with Crippen molar-refractivity contribution in [3.63, 3.8) is 0 Å². The van der Waals surface area contributed by atoms with Crippen molar-refractivity contribution in [1.29, 1.82) is 0 Å². The predicted octanol–water partition coefficient (Wildman–Crippen LogP) is 5.11. The van der Waals surface area contributed by atoms with Crippen LogP contribution in [0.2, 0.25) is 5.02 Å². The maximum atomic E-state index is 12.8. The van der Waals surface area contributed by atoms with Crippen molar-refractivity contribution in [2.24, 2.45) is 0 Å². The Morgan fingerprint density at radius 1 is 1.00 bits per heavy atom. The second-order valence-electron chi connectivity index (χ2n) is 5.68. The Morgan fingerprint density at radius 3 is 2.44 bits per heavy atom. The monoisotopic (exact) mass is 373 g/mol. The number of rotatable bonds is 6. The van der Waals surface area contributed by atoms with Crippen LogP contribution in [-0.4, -0.2) is 12.5 Å². The van der Waals surface area contributed by atoms with E-state index in [0.29, 0.717) is 24.4 Å². The zero-order chi connectivity index (χ0) is 17.6. The molecule has 0 radical (unpaired) electrons. The molecule has 0 atom stereocenters. The summed E-state index contributed by atoms with van der Waals surface area (Å²) in [5, 5.41) is 3.62. The molecule has 1 N–H and O–H groups in total. The van der Waals surface area contributed by atoms with Crippen molar-refractivity contribution in [2.45, 2.75) is 12.8 Å². The van der Waals surface area contributed by atoms with Gasteiger partial charge in [-0.3, -0.25) is 4.79 Å². The molecule has 2 aromatic carbocycles. The molecule has 1 amide bonds. The van der Waals surface area contributed by atoms with Crippen LogP contribution < -0.4 is 5.32 Å². The van der Waals surface area contributed by atoms with Gasteiger partial charge in [0.2, 0.25) is 5.91 Å². The van der Waals surface area contributed by atoms with Crippen LogP contribution in [0, 0.1) is 5.82 Å². The molecule has 128 valence electrons. The number of hydrogen-bond donors (Lipinski definition) is 1. The largest absolute Gasteiger partial charge is 0.355 e. The summed E-state index contributed by atoms with van der Waals surface area (Å²) in [5.74, 6) is -0.256. The fourth-order valence-electron chi connectivity index (χ4n) is 2.46. The number of thiophene rings is 1. The molecule has 3 aromatic rings. The van der Waals surface area contributed by atoms with Crippen LogP contribution in [0.1, 0.15) is 10.4 Å². The SMILES string of the molecule is O=C(Cc1ccc(-c2ccc(Cl)cc2)s1)NCCc1ccc(F)cc1. The number of amides is 1. The molecule has 0 fully saturated rings. The minimum absolute atomic E-state index is 0.00776. The van der Waals surface area contributed by atoms with E-state index >= 15 is 0 Å². The van der Waals surface area contributed by atoms with Gasteiger partial charge >= 0.3 is 0 Å². The molecule has 0 aliphatic heterocycles. The van der Waals surface area contributed by atoms with Gasteiger partial charge in [0.1, 0.15) is 5.82 Å². The van der Waals surface area contributed by atoms with E-state index in [4.69, 9.17) is 11.6 Å². The number of benzene rings is 2. The molecular weight excluding hydrogens is 357 g/mol. The summed E-state index contributed by atoms with van der Waals surface area (Å²) >= 11 is 7.51. The van der Waals surface area contributed by atoms with Crippen molar-refractivity contribution >= 4 is 28.8 Å². The topological polar surface area (TPSA) is 29.1 Å². The summed E-state index contributed by atoms with van der Waals surface area (Å²) in [6.45, 7) is 0.542. The van der Waals surface area contributed by atoms with E-state index < -0.39 is 0 Å². The van der Waals surface area contributed by atoms with Gasteiger partial charge in [0.15, 0.2) is 0 Å². The van der Waals surface area contributed by atoms with Crippen molar-refractivity contribution in [1.82, 2.24) is 5.32 Å². The van der Waals surface area contributed by atoms with Crippen LogP contribution >= 0.6 is 22.9 Å². The molecule has 5 heteroatoms. The highest BCUT2D eigenvalue weighted by atomic mass is 35.5. The first-order valence-electron chi connectivity index (χ1n) is 7.96. The molecular formula is C20H17ClFNOS. The van der Waals surface area contributed by atoms with Crippen molar-refractivity contribution < 1.29 is 9.18 Å². The second kappa shape index (κ2) is 8.28. The van der Waals surface area contributed by atoms with Crippen LogP contribution in [-0.2, 0) is 17.6 Å². The summed E-state index contributed by atoms with van der Waals surface area (Å²) in [6.07, 6.45) is 1.05. The molecule has 2 nitrogen and oxygen atoms in total. The predicted molar refractivity (Wildman–Crippen MR) is 102 cm³/mol. The molecule has 0 saturated carbocycles. The highest BCUT2D eigenvalue weighted by Gasteiger charge is 2.07. The number of hydrogen-bond acceptors (Lipinski definition) is 2. The fraction of sp³-hybridized carbons (Fsp3) is 0.150. The maximum absolute atomic E-state index is 12.8. The third-order valence-electron chi connectivity index (χ3n) is 3.77. The second-order valence-corrected chi connectivity index (χ2v) is 7.28. The number of nitrogens with one attached hydrogen (secondary N) is 1. The zero-order valence-electron chi connectivity index (χ0n) is 13.5. The minimum atomic E-state index is -0.248. The summed E-state index contributed by atoms with van der Waals surface area (Å²) in [5.41, 5.74) is 2.10. The maximum Gasteiger partial charge on any atom is 0.225 e. The molecule has 0 aliphatic carbocycles. The lowest BCUT2D eigenvalue weighted by Gasteiger charge is -2.04. The van der Waals surface area contributed by atoms with Crippen LogP contribution in [0.4, 0.5) is 4.39 Å². The molecule has 1 heterocycles. The summed E-state index contributed by atoms with van der Waals surface area (Å²) in [6, 6.07) is 18.0. The van der Waals surface area contributed by atoms with E-state index in [9.17, 15) is 9.18 Å². The molecule has 0 bridgehead atoms. The molecule has 0 saturated heterocycles. The Balaban J connectivity index is 1.49. The molecule has 25 heavy (non-hydrogen) atoms. The molecule has 3 rings (SSSR count). The lowest BCUT2D eigenvalue weighted by Crippen LogP contribution is -2.26. The van der Waals surface area contributed by atoms with Crippen molar-refractivity contribution in [3.8, 4) is 10.4 Å². The smallest absolute Gasteiger partial charge is 0.225 e. The van der Waals surface area contributed by atoms with Crippen LogP contribution in [0.25, 0.3) is 10.4 Å². The Labute approximate surface area is 155 Å². The minimum Gasteiger partial charge on any atom is -0.355 e. The van der Waals surface area contributed by atoms with E-state index in [-0.39, 0.29) is 11.7 Å². The van der Waals surface area contributed by atoms with Crippen LogP contribution in [0.15, 0.2) is 60.7 Å². The summed E-state index contributed by atoms with van der Waals surface area (Å²) < 4.78 is 12.8. The Morgan fingerprint density at radius 2 is 1.72 bits per heavy atom. The van der Waals surface area contributed by atoms with Gasteiger partial charge in [-0.15, -0.1) is 11.3 Å². The molecule has 0 unspecified atom stereocenters. The van der Waals surface area contributed by atoms with Crippen LogP contribution in [0.5, 0.6) is 0 Å². The van der Waals surface area contributed by atoms with E-state index in [2.05, 4.69) is 5.32 Å².